The lowest BCUT2D eigenvalue weighted by Gasteiger charge is -2.11. The van der Waals surface area contributed by atoms with Gasteiger partial charge in [-0.15, -0.1) is 0 Å². The number of esters is 1. The zero-order valence-electron chi connectivity index (χ0n) is 15.5. The van der Waals surface area contributed by atoms with E-state index in [0.717, 1.165) is 0 Å². The maximum atomic E-state index is 13.4. The Bertz CT molecular complexity index is 1180. The van der Waals surface area contributed by atoms with Crippen LogP contribution in [-0.4, -0.2) is 26.6 Å². The zero-order valence-corrected chi connectivity index (χ0v) is 15.5. The number of nitrogens with zero attached hydrogens (tertiary/aromatic N) is 3. The predicted octanol–water partition coefficient (Wildman–Crippen LogP) is 4.25. The molecule has 0 saturated heterocycles. The molecule has 2 heterocycles. The Morgan fingerprint density at radius 3 is 2.43 bits per heavy atom. The van der Waals surface area contributed by atoms with Gasteiger partial charge in [0.25, 0.3) is 0 Å². The zero-order chi connectivity index (χ0) is 19.8. The number of ether oxygens (including phenoxy) is 1. The van der Waals surface area contributed by atoms with Crippen LogP contribution < -0.4 is 5.73 Å². The summed E-state index contributed by atoms with van der Waals surface area (Å²) in [5.41, 5.74) is 9.18. The molecule has 0 fully saturated rings. The van der Waals surface area contributed by atoms with E-state index in [1.807, 2.05) is 38.1 Å². The first-order chi connectivity index (χ1) is 13.5. The number of para-hydroxylation sites is 2. The molecule has 0 spiro atoms. The normalized spacial score (nSPS) is 12.4. The first kappa shape index (κ1) is 17.9. The van der Waals surface area contributed by atoms with E-state index in [9.17, 15) is 9.18 Å². The largest absolute Gasteiger partial charge is 0.459 e. The fourth-order valence-electron chi connectivity index (χ4n) is 3.04. The van der Waals surface area contributed by atoms with E-state index >= 15 is 0 Å². The molecule has 4 aromatic rings. The summed E-state index contributed by atoms with van der Waals surface area (Å²) < 4.78 is 20.5. The van der Waals surface area contributed by atoms with Gasteiger partial charge >= 0.3 is 5.97 Å². The lowest BCUT2D eigenvalue weighted by Crippen LogP contribution is -2.15. The molecule has 0 radical (unpaired) electrons. The maximum absolute atomic E-state index is 13.4. The van der Waals surface area contributed by atoms with Gasteiger partial charge in [0.15, 0.2) is 5.65 Å². The number of rotatable bonds is 4. The number of carbonyl (C=O) groups is 1. The van der Waals surface area contributed by atoms with E-state index in [1.54, 1.807) is 16.7 Å². The van der Waals surface area contributed by atoms with Gasteiger partial charge in [0.1, 0.15) is 22.7 Å². The lowest BCUT2D eigenvalue weighted by atomic mass is 10.2. The van der Waals surface area contributed by atoms with Crippen LogP contribution in [0, 0.1) is 5.82 Å². The molecule has 2 N–H and O–H groups in total. The first-order valence-electron chi connectivity index (χ1n) is 9.03. The number of nitrogen functional groups attached to an aromatic ring is 1. The molecule has 0 aliphatic heterocycles. The van der Waals surface area contributed by atoms with Gasteiger partial charge in [-0.3, -0.25) is 4.57 Å². The van der Waals surface area contributed by atoms with Crippen LogP contribution in [0.1, 0.15) is 30.6 Å². The van der Waals surface area contributed by atoms with Crippen LogP contribution in [0.4, 0.5) is 10.2 Å². The molecular formula is C21H19FN4O2. The number of nitrogens with two attached hydrogens (primary N) is 1. The molecule has 0 saturated carbocycles. The second-order valence-corrected chi connectivity index (χ2v) is 6.58. The Balaban J connectivity index is 2.02. The summed E-state index contributed by atoms with van der Waals surface area (Å²) >= 11 is 0. The lowest BCUT2D eigenvalue weighted by molar-refractivity contribution is 0.0338. The number of anilines is 1. The van der Waals surface area contributed by atoms with Gasteiger partial charge in [-0.05, 0) is 49.7 Å². The molecule has 2 aromatic heterocycles. The highest BCUT2D eigenvalue weighted by Gasteiger charge is 2.26. The summed E-state index contributed by atoms with van der Waals surface area (Å²) in [6, 6.07) is 13.2. The van der Waals surface area contributed by atoms with Crippen LogP contribution in [0.5, 0.6) is 0 Å². The minimum Gasteiger partial charge on any atom is -0.459 e. The van der Waals surface area contributed by atoms with Crippen molar-refractivity contribution in [1.29, 1.82) is 0 Å². The highest BCUT2D eigenvalue weighted by molar-refractivity contribution is 6.09. The minimum atomic E-state index is -0.553. The molecule has 4 rings (SSSR count). The van der Waals surface area contributed by atoms with Crippen LogP contribution in [-0.2, 0) is 4.74 Å². The fraction of sp³-hybridized carbons (Fsp3) is 0.190. The Morgan fingerprint density at radius 1 is 1.14 bits per heavy atom. The van der Waals surface area contributed by atoms with Gasteiger partial charge in [0.05, 0.1) is 17.1 Å². The molecule has 6 nitrogen and oxygen atoms in total. The van der Waals surface area contributed by atoms with E-state index in [1.165, 1.54) is 12.1 Å². The molecular weight excluding hydrogens is 359 g/mol. The molecule has 0 unspecified atom stereocenters. The molecule has 0 aliphatic rings. The molecule has 0 bridgehead atoms. The number of fused-ring (bicyclic) bond motifs is 2. The second-order valence-electron chi connectivity index (χ2n) is 6.58. The number of hydrogen-bond acceptors (Lipinski definition) is 5. The van der Waals surface area contributed by atoms with Crippen molar-refractivity contribution in [1.82, 2.24) is 14.5 Å². The molecule has 7 heteroatoms. The van der Waals surface area contributed by atoms with Crippen LogP contribution in [0.25, 0.3) is 27.9 Å². The van der Waals surface area contributed by atoms with Crippen LogP contribution in [0.2, 0.25) is 0 Å². The van der Waals surface area contributed by atoms with Crippen molar-refractivity contribution < 1.29 is 13.9 Å². The molecule has 2 aromatic carbocycles. The Hall–Kier alpha value is -3.48. The molecule has 0 amide bonds. The number of hydrogen-bond donors (Lipinski definition) is 1. The van der Waals surface area contributed by atoms with E-state index in [4.69, 9.17) is 10.5 Å². The van der Waals surface area contributed by atoms with Crippen LogP contribution >= 0.6 is 0 Å². The van der Waals surface area contributed by atoms with Crippen molar-refractivity contribution in [3.8, 4) is 5.69 Å². The number of benzene rings is 2. The highest BCUT2D eigenvalue weighted by Crippen LogP contribution is 2.31. The maximum Gasteiger partial charge on any atom is 0.344 e. The van der Waals surface area contributed by atoms with E-state index in [-0.39, 0.29) is 23.3 Å². The van der Waals surface area contributed by atoms with Gasteiger partial charge in [-0.25, -0.2) is 19.2 Å². The van der Waals surface area contributed by atoms with Crippen molar-refractivity contribution in [3.05, 3.63) is 59.9 Å². The van der Waals surface area contributed by atoms with Crippen molar-refractivity contribution in [2.24, 2.45) is 0 Å². The standard InChI is InChI=1S/C21H19FN4O2/c1-3-12(2)28-21(27)17-18-20(25-16-7-5-4-6-15(16)24-18)26(19(17)23)14-10-8-13(22)9-11-14/h4-12H,3,23H2,1-2H3/t12-/m0/s1. The van der Waals surface area contributed by atoms with Gasteiger partial charge in [0, 0.05) is 5.69 Å². The predicted molar refractivity (Wildman–Crippen MR) is 106 cm³/mol. The topological polar surface area (TPSA) is 83.0 Å². The third-order valence-corrected chi connectivity index (χ3v) is 4.67. The average molecular weight is 378 g/mol. The fourth-order valence-corrected chi connectivity index (χ4v) is 3.04. The SMILES string of the molecule is CC[C@H](C)OC(=O)c1c(N)n(-c2ccc(F)cc2)c2nc3ccccc3nc12. The average Bonchev–Trinajstić information content (AvgIpc) is 2.97. The molecule has 0 aliphatic carbocycles. The summed E-state index contributed by atoms with van der Waals surface area (Å²) in [5, 5.41) is 0. The van der Waals surface area contributed by atoms with Crippen molar-refractivity contribution in [2.75, 3.05) is 5.73 Å². The minimum absolute atomic E-state index is 0.158. The Kier molecular flexibility index (Phi) is 4.43. The van der Waals surface area contributed by atoms with Gasteiger partial charge < -0.3 is 10.5 Å². The summed E-state index contributed by atoms with van der Waals surface area (Å²) in [6.45, 7) is 3.74. The van der Waals surface area contributed by atoms with Crippen LogP contribution in [0.15, 0.2) is 48.5 Å². The van der Waals surface area contributed by atoms with Crippen molar-refractivity contribution in [2.45, 2.75) is 26.4 Å². The summed E-state index contributed by atoms with van der Waals surface area (Å²) in [4.78, 5) is 22.1. The first-order valence-corrected chi connectivity index (χ1v) is 9.03. The van der Waals surface area contributed by atoms with Crippen molar-refractivity contribution in [3.63, 3.8) is 0 Å². The smallest absolute Gasteiger partial charge is 0.344 e. The van der Waals surface area contributed by atoms with E-state index < -0.39 is 5.97 Å². The Labute approximate surface area is 160 Å². The van der Waals surface area contributed by atoms with E-state index in [2.05, 4.69) is 9.97 Å². The molecule has 1 atom stereocenters. The van der Waals surface area contributed by atoms with Crippen molar-refractivity contribution >= 4 is 34.0 Å². The number of halogens is 1. The van der Waals surface area contributed by atoms with E-state index in [0.29, 0.717) is 34.3 Å². The third kappa shape index (κ3) is 2.94. The number of carbonyl (C=O) groups excluding carboxylic acids is 1. The highest BCUT2D eigenvalue weighted by atomic mass is 19.1. The quantitative estimate of drug-likeness (QED) is 0.537. The number of aromatic nitrogens is 3. The summed E-state index contributed by atoms with van der Waals surface area (Å²) in [7, 11) is 0. The van der Waals surface area contributed by atoms with Gasteiger partial charge in [-0.2, -0.15) is 0 Å². The van der Waals surface area contributed by atoms with Gasteiger partial charge in [0.2, 0.25) is 0 Å². The summed E-state index contributed by atoms with van der Waals surface area (Å²) in [5.74, 6) is -0.765. The van der Waals surface area contributed by atoms with Gasteiger partial charge in [-0.1, -0.05) is 19.1 Å². The summed E-state index contributed by atoms with van der Waals surface area (Å²) in [6.07, 6.45) is 0.418. The molecule has 142 valence electrons. The third-order valence-electron chi connectivity index (χ3n) is 4.67. The molecule has 28 heavy (non-hydrogen) atoms. The monoisotopic (exact) mass is 378 g/mol. The Morgan fingerprint density at radius 2 is 1.79 bits per heavy atom. The second kappa shape index (κ2) is 6.92. The van der Waals surface area contributed by atoms with Crippen LogP contribution in [0.3, 0.4) is 0 Å².